The summed E-state index contributed by atoms with van der Waals surface area (Å²) >= 11 is 0. The Hall–Kier alpha value is -1.02. The molecular formula is C15H24N2. The zero-order valence-electron chi connectivity index (χ0n) is 11.2. The predicted octanol–water partition coefficient (Wildman–Crippen LogP) is 2.83. The average Bonchev–Trinajstić information content (AvgIpc) is 2.72. The highest BCUT2D eigenvalue weighted by Crippen LogP contribution is 2.29. The van der Waals surface area contributed by atoms with Crippen LogP contribution in [0.1, 0.15) is 32.8 Å². The van der Waals surface area contributed by atoms with Crippen LogP contribution in [0.3, 0.4) is 0 Å². The van der Waals surface area contributed by atoms with Gasteiger partial charge in [0.25, 0.3) is 0 Å². The van der Waals surface area contributed by atoms with E-state index >= 15 is 0 Å². The molecule has 0 amide bonds. The molecule has 0 radical (unpaired) electrons. The maximum atomic E-state index is 3.50. The van der Waals surface area contributed by atoms with Gasteiger partial charge in [-0.25, -0.2) is 0 Å². The van der Waals surface area contributed by atoms with Crippen molar-refractivity contribution >= 4 is 5.69 Å². The Kier molecular flexibility index (Phi) is 4.06. The fourth-order valence-corrected chi connectivity index (χ4v) is 2.56. The lowest BCUT2D eigenvalue weighted by atomic mass is 10.1. The molecule has 2 nitrogen and oxygen atoms in total. The number of rotatable bonds is 5. The van der Waals surface area contributed by atoms with Crippen LogP contribution < -0.4 is 10.2 Å². The molecule has 0 saturated heterocycles. The Morgan fingerprint density at radius 3 is 2.76 bits per heavy atom. The molecular weight excluding hydrogens is 208 g/mol. The van der Waals surface area contributed by atoms with Gasteiger partial charge in [0, 0.05) is 24.3 Å². The lowest BCUT2D eigenvalue weighted by Crippen LogP contribution is -2.35. The molecule has 0 spiro atoms. The van der Waals surface area contributed by atoms with Gasteiger partial charge in [-0.1, -0.05) is 32.0 Å². The quantitative estimate of drug-likeness (QED) is 0.840. The standard InChI is InChI=1S/C15H24N2/c1-12(2)16-10-8-13(3)17-11-9-14-6-4-5-7-15(14)17/h4-7,12-13,16H,8-11H2,1-3H3. The van der Waals surface area contributed by atoms with Gasteiger partial charge in [0.1, 0.15) is 0 Å². The Balaban J connectivity index is 1.91. The highest BCUT2D eigenvalue weighted by atomic mass is 15.2. The van der Waals surface area contributed by atoms with E-state index in [-0.39, 0.29) is 0 Å². The van der Waals surface area contributed by atoms with Gasteiger partial charge >= 0.3 is 0 Å². The largest absolute Gasteiger partial charge is 0.368 e. The molecule has 1 atom stereocenters. The zero-order valence-corrected chi connectivity index (χ0v) is 11.2. The van der Waals surface area contributed by atoms with Crippen LogP contribution in [-0.4, -0.2) is 25.2 Å². The number of para-hydroxylation sites is 1. The molecule has 0 saturated carbocycles. The number of anilines is 1. The Labute approximate surface area is 105 Å². The summed E-state index contributed by atoms with van der Waals surface area (Å²) in [7, 11) is 0. The summed E-state index contributed by atoms with van der Waals surface area (Å²) in [6.45, 7) is 9.04. The summed E-state index contributed by atoms with van der Waals surface area (Å²) < 4.78 is 0. The van der Waals surface area contributed by atoms with Crippen molar-refractivity contribution in [1.82, 2.24) is 5.32 Å². The van der Waals surface area contributed by atoms with Gasteiger partial charge < -0.3 is 10.2 Å². The Morgan fingerprint density at radius 1 is 1.24 bits per heavy atom. The van der Waals surface area contributed by atoms with Gasteiger partial charge in [0.2, 0.25) is 0 Å². The highest BCUT2D eigenvalue weighted by Gasteiger charge is 2.22. The van der Waals surface area contributed by atoms with Crippen LogP contribution in [0.5, 0.6) is 0 Å². The molecule has 0 aliphatic carbocycles. The first-order valence-electron chi connectivity index (χ1n) is 6.76. The number of fused-ring (bicyclic) bond motifs is 1. The van der Waals surface area contributed by atoms with Crippen molar-refractivity contribution in [2.24, 2.45) is 0 Å². The van der Waals surface area contributed by atoms with E-state index in [0.29, 0.717) is 12.1 Å². The van der Waals surface area contributed by atoms with Crippen molar-refractivity contribution in [2.45, 2.75) is 45.7 Å². The van der Waals surface area contributed by atoms with E-state index in [0.717, 1.165) is 6.54 Å². The van der Waals surface area contributed by atoms with E-state index in [4.69, 9.17) is 0 Å². The van der Waals surface area contributed by atoms with Crippen LogP contribution in [0, 0.1) is 0 Å². The van der Waals surface area contributed by atoms with E-state index in [1.807, 2.05) is 0 Å². The molecule has 2 heteroatoms. The van der Waals surface area contributed by atoms with Gasteiger partial charge in [-0.15, -0.1) is 0 Å². The lowest BCUT2D eigenvalue weighted by Gasteiger charge is -2.27. The number of nitrogens with one attached hydrogen (secondary N) is 1. The SMILES string of the molecule is CC(C)NCCC(C)N1CCc2ccccc21. The number of nitrogens with zero attached hydrogens (tertiary/aromatic N) is 1. The average molecular weight is 232 g/mol. The molecule has 1 unspecified atom stereocenters. The summed E-state index contributed by atoms with van der Waals surface area (Å²) in [5.41, 5.74) is 2.96. The highest BCUT2D eigenvalue weighted by molar-refractivity contribution is 5.58. The third kappa shape index (κ3) is 3.01. The molecule has 0 fully saturated rings. The second-order valence-electron chi connectivity index (χ2n) is 5.32. The third-order valence-electron chi connectivity index (χ3n) is 3.57. The van der Waals surface area contributed by atoms with Crippen LogP contribution in [0.4, 0.5) is 5.69 Å². The first-order valence-corrected chi connectivity index (χ1v) is 6.76. The van der Waals surface area contributed by atoms with Gasteiger partial charge in [-0.2, -0.15) is 0 Å². The fraction of sp³-hybridized carbons (Fsp3) is 0.600. The van der Waals surface area contributed by atoms with Crippen LogP contribution in [0.2, 0.25) is 0 Å². The van der Waals surface area contributed by atoms with Crippen LogP contribution >= 0.6 is 0 Å². The van der Waals surface area contributed by atoms with Crippen LogP contribution in [0.15, 0.2) is 24.3 Å². The maximum absolute atomic E-state index is 3.50. The van der Waals surface area contributed by atoms with Gasteiger partial charge in [0.15, 0.2) is 0 Å². The van der Waals surface area contributed by atoms with Gasteiger partial charge in [0.05, 0.1) is 0 Å². The molecule has 1 aromatic carbocycles. The van der Waals surface area contributed by atoms with Crippen molar-refractivity contribution in [1.29, 1.82) is 0 Å². The van der Waals surface area contributed by atoms with Crippen molar-refractivity contribution in [3.63, 3.8) is 0 Å². The van der Waals surface area contributed by atoms with E-state index < -0.39 is 0 Å². The molecule has 17 heavy (non-hydrogen) atoms. The number of hydrogen-bond donors (Lipinski definition) is 1. The summed E-state index contributed by atoms with van der Waals surface area (Å²) in [4.78, 5) is 2.55. The molecule has 0 aromatic heterocycles. The van der Waals surface area contributed by atoms with Gasteiger partial charge in [-0.3, -0.25) is 0 Å². The summed E-state index contributed by atoms with van der Waals surface area (Å²) in [6, 6.07) is 10.0. The molecule has 1 aromatic rings. The molecule has 1 N–H and O–H groups in total. The van der Waals surface area contributed by atoms with Crippen molar-refractivity contribution < 1.29 is 0 Å². The summed E-state index contributed by atoms with van der Waals surface area (Å²) in [5, 5.41) is 3.50. The minimum Gasteiger partial charge on any atom is -0.368 e. The second-order valence-corrected chi connectivity index (χ2v) is 5.32. The smallest absolute Gasteiger partial charge is 0.0401 e. The maximum Gasteiger partial charge on any atom is 0.0401 e. The van der Waals surface area contributed by atoms with E-state index in [9.17, 15) is 0 Å². The molecule has 1 aliphatic rings. The van der Waals surface area contributed by atoms with Crippen molar-refractivity contribution in [3.8, 4) is 0 Å². The zero-order chi connectivity index (χ0) is 12.3. The fourth-order valence-electron chi connectivity index (χ4n) is 2.56. The number of benzene rings is 1. The van der Waals surface area contributed by atoms with E-state index in [2.05, 4.69) is 55.3 Å². The summed E-state index contributed by atoms with van der Waals surface area (Å²) in [6.07, 6.45) is 2.42. The lowest BCUT2D eigenvalue weighted by molar-refractivity contribution is 0.521. The Morgan fingerprint density at radius 2 is 2.00 bits per heavy atom. The molecule has 2 rings (SSSR count). The first-order chi connectivity index (χ1) is 8.18. The Bertz CT molecular complexity index is 360. The molecule has 1 heterocycles. The second kappa shape index (κ2) is 5.54. The predicted molar refractivity (Wildman–Crippen MR) is 74.7 cm³/mol. The number of hydrogen-bond acceptors (Lipinski definition) is 2. The molecule has 0 bridgehead atoms. The normalized spacial score (nSPS) is 16.4. The van der Waals surface area contributed by atoms with Crippen molar-refractivity contribution in [3.05, 3.63) is 29.8 Å². The topological polar surface area (TPSA) is 15.3 Å². The molecule has 1 aliphatic heterocycles. The van der Waals surface area contributed by atoms with Gasteiger partial charge in [-0.05, 0) is 37.9 Å². The van der Waals surface area contributed by atoms with Crippen LogP contribution in [-0.2, 0) is 6.42 Å². The van der Waals surface area contributed by atoms with E-state index in [1.54, 1.807) is 0 Å². The minimum absolute atomic E-state index is 0.591. The van der Waals surface area contributed by atoms with Crippen molar-refractivity contribution in [2.75, 3.05) is 18.0 Å². The first kappa shape index (κ1) is 12.4. The van der Waals surface area contributed by atoms with Crippen LogP contribution in [0.25, 0.3) is 0 Å². The summed E-state index contributed by atoms with van der Waals surface area (Å²) in [5.74, 6) is 0. The monoisotopic (exact) mass is 232 g/mol. The van der Waals surface area contributed by atoms with E-state index in [1.165, 1.54) is 30.6 Å². The minimum atomic E-state index is 0.591. The third-order valence-corrected chi connectivity index (χ3v) is 3.57. The molecule has 94 valence electrons.